The van der Waals surface area contributed by atoms with Crippen LogP contribution < -0.4 is 10.1 Å². The molecule has 0 aliphatic heterocycles. The van der Waals surface area contributed by atoms with Crippen LogP contribution in [-0.2, 0) is 5.60 Å². The molecule has 1 aromatic carbocycles. The zero-order valence-corrected chi connectivity index (χ0v) is 11.9. The Labute approximate surface area is 110 Å². The van der Waals surface area contributed by atoms with Gasteiger partial charge in [-0.15, -0.1) is 0 Å². The van der Waals surface area contributed by atoms with E-state index in [9.17, 15) is 5.11 Å². The molecular weight excluding hydrogens is 226 g/mol. The van der Waals surface area contributed by atoms with Crippen LogP contribution in [0.4, 0.5) is 0 Å². The summed E-state index contributed by atoms with van der Waals surface area (Å²) >= 11 is 0. The molecule has 3 nitrogen and oxygen atoms in total. The van der Waals surface area contributed by atoms with Crippen molar-refractivity contribution in [3.8, 4) is 5.75 Å². The summed E-state index contributed by atoms with van der Waals surface area (Å²) < 4.78 is 5.39. The van der Waals surface area contributed by atoms with Crippen molar-refractivity contribution in [1.29, 1.82) is 0 Å². The molecule has 0 aromatic heterocycles. The highest BCUT2D eigenvalue weighted by Gasteiger charge is 2.22. The standard InChI is InChI=1S/C15H25NO2/c1-5-18-14-8-6-13(7-9-14)15(4,17)10-11-16-12(2)3/h6-9,12,16-17H,5,10-11H2,1-4H3. The molecule has 3 heteroatoms. The van der Waals surface area contributed by atoms with Crippen molar-refractivity contribution in [2.45, 2.75) is 45.8 Å². The summed E-state index contributed by atoms with van der Waals surface area (Å²) in [5.74, 6) is 0.845. The third kappa shape index (κ3) is 4.67. The summed E-state index contributed by atoms with van der Waals surface area (Å²) in [5.41, 5.74) is 0.128. The molecule has 18 heavy (non-hydrogen) atoms. The average molecular weight is 251 g/mol. The zero-order chi connectivity index (χ0) is 13.6. The predicted molar refractivity (Wildman–Crippen MR) is 74.9 cm³/mol. The van der Waals surface area contributed by atoms with E-state index >= 15 is 0 Å². The van der Waals surface area contributed by atoms with E-state index in [1.807, 2.05) is 38.1 Å². The zero-order valence-electron chi connectivity index (χ0n) is 11.9. The van der Waals surface area contributed by atoms with E-state index in [0.717, 1.165) is 17.9 Å². The molecule has 0 heterocycles. The number of benzene rings is 1. The molecule has 0 amide bonds. The fourth-order valence-corrected chi connectivity index (χ4v) is 1.83. The Morgan fingerprint density at radius 1 is 1.28 bits per heavy atom. The van der Waals surface area contributed by atoms with Gasteiger partial charge in [0.1, 0.15) is 5.75 Å². The topological polar surface area (TPSA) is 41.5 Å². The van der Waals surface area contributed by atoms with Crippen LogP contribution >= 0.6 is 0 Å². The molecule has 1 atom stereocenters. The fourth-order valence-electron chi connectivity index (χ4n) is 1.83. The SMILES string of the molecule is CCOc1ccc(C(C)(O)CCNC(C)C)cc1. The lowest BCUT2D eigenvalue weighted by atomic mass is 9.92. The third-order valence-corrected chi connectivity index (χ3v) is 2.95. The Bertz CT molecular complexity index is 344. The summed E-state index contributed by atoms with van der Waals surface area (Å²) in [5, 5.41) is 13.8. The normalized spacial score (nSPS) is 14.6. The van der Waals surface area contributed by atoms with Crippen LogP contribution in [0.3, 0.4) is 0 Å². The van der Waals surface area contributed by atoms with Crippen LogP contribution in [0.15, 0.2) is 24.3 Å². The first kappa shape index (κ1) is 15.0. The number of ether oxygens (including phenoxy) is 1. The molecular formula is C15H25NO2. The Morgan fingerprint density at radius 3 is 2.39 bits per heavy atom. The molecule has 0 radical (unpaired) electrons. The van der Waals surface area contributed by atoms with Gasteiger partial charge in [-0.2, -0.15) is 0 Å². The van der Waals surface area contributed by atoms with E-state index in [2.05, 4.69) is 19.2 Å². The van der Waals surface area contributed by atoms with Gasteiger partial charge in [0.15, 0.2) is 0 Å². The molecule has 0 spiro atoms. The summed E-state index contributed by atoms with van der Waals surface area (Å²) in [6.45, 7) is 9.48. The van der Waals surface area contributed by atoms with Gasteiger partial charge in [-0.1, -0.05) is 26.0 Å². The Hall–Kier alpha value is -1.06. The molecule has 1 rings (SSSR count). The molecule has 2 N–H and O–H groups in total. The van der Waals surface area contributed by atoms with E-state index in [4.69, 9.17) is 4.74 Å². The van der Waals surface area contributed by atoms with Gasteiger partial charge in [-0.05, 0) is 44.5 Å². The molecule has 0 saturated heterocycles. The predicted octanol–water partition coefficient (Wildman–Crippen LogP) is 2.68. The largest absolute Gasteiger partial charge is 0.494 e. The van der Waals surface area contributed by atoms with Crippen molar-refractivity contribution >= 4 is 0 Å². The van der Waals surface area contributed by atoms with Gasteiger partial charge in [0.25, 0.3) is 0 Å². The number of hydrogen-bond acceptors (Lipinski definition) is 3. The van der Waals surface area contributed by atoms with Crippen LogP contribution in [0.25, 0.3) is 0 Å². The molecule has 1 aromatic rings. The van der Waals surface area contributed by atoms with Gasteiger partial charge < -0.3 is 15.2 Å². The van der Waals surface area contributed by atoms with Crippen molar-refractivity contribution in [2.24, 2.45) is 0 Å². The van der Waals surface area contributed by atoms with Gasteiger partial charge in [0, 0.05) is 6.04 Å². The first-order chi connectivity index (χ1) is 8.45. The number of hydrogen-bond donors (Lipinski definition) is 2. The van der Waals surface area contributed by atoms with Crippen molar-refractivity contribution in [2.75, 3.05) is 13.2 Å². The monoisotopic (exact) mass is 251 g/mol. The summed E-state index contributed by atoms with van der Waals surface area (Å²) in [6.07, 6.45) is 0.694. The van der Waals surface area contributed by atoms with Crippen molar-refractivity contribution in [3.05, 3.63) is 29.8 Å². The van der Waals surface area contributed by atoms with Gasteiger partial charge >= 0.3 is 0 Å². The quantitative estimate of drug-likeness (QED) is 0.783. The summed E-state index contributed by atoms with van der Waals surface area (Å²) in [4.78, 5) is 0. The minimum absolute atomic E-state index is 0.445. The Morgan fingerprint density at radius 2 is 1.89 bits per heavy atom. The van der Waals surface area contributed by atoms with E-state index in [1.54, 1.807) is 0 Å². The van der Waals surface area contributed by atoms with Gasteiger partial charge in [-0.3, -0.25) is 0 Å². The van der Waals surface area contributed by atoms with Crippen LogP contribution in [0, 0.1) is 0 Å². The second-order valence-electron chi connectivity index (χ2n) is 5.09. The van der Waals surface area contributed by atoms with Crippen LogP contribution in [0.5, 0.6) is 5.75 Å². The van der Waals surface area contributed by atoms with Crippen LogP contribution in [0.2, 0.25) is 0 Å². The molecule has 0 bridgehead atoms. The van der Waals surface area contributed by atoms with E-state index in [0.29, 0.717) is 19.1 Å². The molecule has 0 aliphatic carbocycles. The maximum Gasteiger partial charge on any atom is 0.119 e. The van der Waals surface area contributed by atoms with E-state index < -0.39 is 5.60 Å². The average Bonchev–Trinajstić information content (AvgIpc) is 2.29. The van der Waals surface area contributed by atoms with Crippen LogP contribution in [0.1, 0.15) is 39.7 Å². The highest BCUT2D eigenvalue weighted by atomic mass is 16.5. The van der Waals surface area contributed by atoms with Gasteiger partial charge in [-0.25, -0.2) is 0 Å². The van der Waals surface area contributed by atoms with E-state index in [1.165, 1.54) is 0 Å². The first-order valence-corrected chi connectivity index (χ1v) is 6.65. The lowest BCUT2D eigenvalue weighted by Gasteiger charge is -2.25. The first-order valence-electron chi connectivity index (χ1n) is 6.65. The molecule has 0 aliphatic rings. The number of nitrogens with one attached hydrogen (secondary N) is 1. The van der Waals surface area contributed by atoms with Crippen LogP contribution in [-0.4, -0.2) is 24.3 Å². The molecule has 0 fully saturated rings. The van der Waals surface area contributed by atoms with Crippen molar-refractivity contribution < 1.29 is 9.84 Å². The minimum Gasteiger partial charge on any atom is -0.494 e. The maximum atomic E-state index is 10.4. The molecule has 1 unspecified atom stereocenters. The third-order valence-electron chi connectivity index (χ3n) is 2.95. The maximum absolute atomic E-state index is 10.4. The van der Waals surface area contributed by atoms with Gasteiger partial charge in [0.2, 0.25) is 0 Å². The highest BCUT2D eigenvalue weighted by molar-refractivity contribution is 5.30. The second-order valence-corrected chi connectivity index (χ2v) is 5.09. The lowest BCUT2D eigenvalue weighted by Crippen LogP contribution is -2.31. The number of aliphatic hydroxyl groups is 1. The Balaban J connectivity index is 2.60. The van der Waals surface area contributed by atoms with Gasteiger partial charge in [0.05, 0.1) is 12.2 Å². The molecule has 0 saturated carbocycles. The summed E-state index contributed by atoms with van der Waals surface area (Å²) in [6, 6.07) is 8.12. The summed E-state index contributed by atoms with van der Waals surface area (Å²) in [7, 11) is 0. The minimum atomic E-state index is -0.799. The highest BCUT2D eigenvalue weighted by Crippen LogP contribution is 2.25. The van der Waals surface area contributed by atoms with E-state index in [-0.39, 0.29) is 0 Å². The van der Waals surface area contributed by atoms with Crippen molar-refractivity contribution in [1.82, 2.24) is 5.32 Å². The second kappa shape index (κ2) is 6.76. The number of rotatable bonds is 7. The smallest absolute Gasteiger partial charge is 0.119 e. The fraction of sp³-hybridized carbons (Fsp3) is 0.600. The Kier molecular flexibility index (Phi) is 5.63. The molecule has 102 valence electrons. The lowest BCUT2D eigenvalue weighted by molar-refractivity contribution is 0.0475. The van der Waals surface area contributed by atoms with Crippen molar-refractivity contribution in [3.63, 3.8) is 0 Å².